The average Bonchev–Trinajstić information content (AvgIpc) is 2.98. The molecule has 1 aromatic carbocycles. The van der Waals surface area contributed by atoms with Crippen LogP contribution in [-0.2, 0) is 4.74 Å². The second-order valence-electron chi connectivity index (χ2n) is 7.42. The number of nitrogens with zero attached hydrogens (tertiary/aromatic N) is 3. The van der Waals surface area contributed by atoms with Gasteiger partial charge < -0.3 is 14.2 Å². The van der Waals surface area contributed by atoms with Crippen molar-refractivity contribution in [2.24, 2.45) is 0 Å². The normalized spacial score (nSPS) is 11.7. The summed E-state index contributed by atoms with van der Waals surface area (Å²) in [6.07, 6.45) is 1.67. The van der Waals surface area contributed by atoms with E-state index in [1.54, 1.807) is 24.1 Å². The van der Waals surface area contributed by atoms with Crippen LogP contribution in [0.4, 0.5) is 0 Å². The highest BCUT2D eigenvalue weighted by Gasteiger charge is 2.16. The van der Waals surface area contributed by atoms with Crippen LogP contribution in [0.5, 0.6) is 11.6 Å². The molecule has 0 atom stereocenters. The number of fused-ring (bicyclic) bond motifs is 1. The van der Waals surface area contributed by atoms with Gasteiger partial charge in [0, 0.05) is 33.0 Å². The summed E-state index contributed by atoms with van der Waals surface area (Å²) >= 11 is 6.10. The van der Waals surface area contributed by atoms with Gasteiger partial charge in [-0.25, -0.2) is 9.67 Å². The lowest BCUT2D eigenvalue weighted by Gasteiger charge is -2.15. The molecule has 144 valence electrons. The molecule has 0 aliphatic rings. The number of hydrogen-bond donors (Lipinski definition) is 0. The maximum absolute atomic E-state index is 6.10. The van der Waals surface area contributed by atoms with E-state index in [2.05, 4.69) is 29.7 Å². The van der Waals surface area contributed by atoms with Crippen LogP contribution in [0.2, 0.25) is 30.8 Å². The molecule has 0 fully saturated rings. The Kier molecular flexibility index (Phi) is 6.03. The van der Waals surface area contributed by atoms with Gasteiger partial charge in [-0.3, -0.25) is 0 Å². The van der Waals surface area contributed by atoms with Gasteiger partial charge in [0.2, 0.25) is 5.88 Å². The molecule has 0 N–H and O–H groups in total. The first-order chi connectivity index (χ1) is 12.9. The van der Waals surface area contributed by atoms with Crippen LogP contribution in [0.25, 0.3) is 16.6 Å². The van der Waals surface area contributed by atoms with Crippen LogP contribution in [0.15, 0.2) is 36.5 Å². The van der Waals surface area contributed by atoms with E-state index in [1.165, 1.54) is 0 Å². The first-order valence-electron chi connectivity index (χ1n) is 8.77. The van der Waals surface area contributed by atoms with Gasteiger partial charge in [-0.05, 0) is 18.2 Å². The number of ether oxygens (including phenoxy) is 3. The molecule has 2 heterocycles. The molecule has 6 nitrogen and oxygen atoms in total. The first kappa shape index (κ1) is 19.7. The van der Waals surface area contributed by atoms with Crippen molar-refractivity contribution in [3.63, 3.8) is 0 Å². The summed E-state index contributed by atoms with van der Waals surface area (Å²) in [5.41, 5.74) is 1.65. The second-order valence-corrected chi connectivity index (χ2v) is 13.4. The Morgan fingerprint density at radius 2 is 2.00 bits per heavy atom. The van der Waals surface area contributed by atoms with E-state index in [-0.39, 0.29) is 6.79 Å². The van der Waals surface area contributed by atoms with Gasteiger partial charge in [0.15, 0.2) is 6.79 Å². The highest BCUT2D eigenvalue weighted by atomic mass is 35.5. The first-order valence-corrected chi connectivity index (χ1v) is 12.9. The lowest BCUT2D eigenvalue weighted by Crippen LogP contribution is -2.22. The van der Waals surface area contributed by atoms with E-state index in [4.69, 9.17) is 25.8 Å². The minimum Gasteiger partial charge on any atom is -0.497 e. The van der Waals surface area contributed by atoms with Crippen molar-refractivity contribution < 1.29 is 14.2 Å². The minimum absolute atomic E-state index is 0.150. The van der Waals surface area contributed by atoms with Crippen molar-refractivity contribution in [2.75, 3.05) is 20.5 Å². The quantitative estimate of drug-likeness (QED) is 0.234. The molecule has 0 unspecified atom stereocenters. The zero-order valence-electron chi connectivity index (χ0n) is 16.0. The molecule has 3 aromatic rings. The van der Waals surface area contributed by atoms with Crippen LogP contribution >= 0.6 is 11.6 Å². The van der Waals surface area contributed by atoms with E-state index in [1.807, 2.05) is 24.3 Å². The van der Waals surface area contributed by atoms with Crippen molar-refractivity contribution in [3.05, 3.63) is 41.7 Å². The summed E-state index contributed by atoms with van der Waals surface area (Å²) < 4.78 is 18.5. The number of benzene rings is 1. The topological polar surface area (TPSA) is 58.4 Å². The third-order valence-corrected chi connectivity index (χ3v) is 5.98. The molecule has 0 radical (unpaired) electrons. The Morgan fingerprint density at radius 3 is 2.74 bits per heavy atom. The highest BCUT2D eigenvalue weighted by molar-refractivity contribution is 6.76. The van der Waals surface area contributed by atoms with Gasteiger partial charge in [-0.1, -0.05) is 37.3 Å². The molecule has 0 aliphatic carbocycles. The summed E-state index contributed by atoms with van der Waals surface area (Å²) in [7, 11) is 0.510. The SMILES string of the molecule is COc1cccc(-n2nc(OCOCC[Si](C)(C)C)c3cnc(Cl)cc32)c1. The highest BCUT2D eigenvalue weighted by Crippen LogP contribution is 2.29. The number of methoxy groups -OCH3 is 1. The number of aromatic nitrogens is 3. The molecule has 8 heteroatoms. The number of halogens is 1. The van der Waals surface area contributed by atoms with Crippen molar-refractivity contribution in [2.45, 2.75) is 25.7 Å². The molecule has 0 amide bonds. The van der Waals surface area contributed by atoms with Crippen LogP contribution in [0, 0.1) is 0 Å². The summed E-state index contributed by atoms with van der Waals surface area (Å²) in [6.45, 7) is 7.79. The molecule has 0 saturated heterocycles. The molecule has 0 bridgehead atoms. The fourth-order valence-electron chi connectivity index (χ4n) is 2.54. The second kappa shape index (κ2) is 8.29. The molecule has 3 rings (SSSR count). The maximum Gasteiger partial charge on any atom is 0.244 e. The van der Waals surface area contributed by atoms with Gasteiger partial charge >= 0.3 is 0 Å². The average molecular weight is 406 g/mol. The van der Waals surface area contributed by atoms with Crippen LogP contribution < -0.4 is 9.47 Å². The Labute approximate surface area is 165 Å². The minimum atomic E-state index is -1.12. The fraction of sp³-hybridized carbons (Fsp3) is 0.368. The van der Waals surface area contributed by atoms with Crippen molar-refractivity contribution in [1.82, 2.24) is 14.8 Å². The van der Waals surface area contributed by atoms with Crippen molar-refractivity contribution in [1.29, 1.82) is 0 Å². The van der Waals surface area contributed by atoms with Crippen LogP contribution in [0.3, 0.4) is 0 Å². The summed E-state index contributed by atoms with van der Waals surface area (Å²) in [4.78, 5) is 4.16. The smallest absolute Gasteiger partial charge is 0.244 e. The monoisotopic (exact) mass is 405 g/mol. The van der Waals surface area contributed by atoms with E-state index < -0.39 is 8.07 Å². The van der Waals surface area contributed by atoms with Crippen LogP contribution in [0.1, 0.15) is 0 Å². The molecule has 2 aromatic heterocycles. The van der Waals surface area contributed by atoms with Crippen molar-refractivity contribution in [3.8, 4) is 17.3 Å². The summed E-state index contributed by atoms with van der Waals surface area (Å²) in [5.74, 6) is 1.21. The van der Waals surface area contributed by atoms with Gasteiger partial charge in [0.1, 0.15) is 10.9 Å². The van der Waals surface area contributed by atoms with E-state index in [0.29, 0.717) is 17.6 Å². The van der Waals surface area contributed by atoms with Crippen molar-refractivity contribution >= 4 is 30.6 Å². The zero-order chi connectivity index (χ0) is 19.4. The molecular formula is C19H24ClN3O3Si. The molecule has 0 spiro atoms. The Balaban J connectivity index is 1.84. The Hall–Kier alpha value is -2.09. The third kappa shape index (κ3) is 5.00. The predicted octanol–water partition coefficient (Wildman–Crippen LogP) is 4.77. The van der Waals surface area contributed by atoms with E-state index in [0.717, 1.165) is 28.4 Å². The number of rotatable bonds is 8. The van der Waals surface area contributed by atoms with E-state index >= 15 is 0 Å². The van der Waals surface area contributed by atoms with Gasteiger partial charge in [-0.2, -0.15) is 0 Å². The fourth-order valence-corrected chi connectivity index (χ4v) is 3.45. The Morgan fingerprint density at radius 1 is 1.19 bits per heavy atom. The standard InChI is InChI=1S/C19H24ClN3O3Si/c1-24-15-7-5-6-14(10-15)23-17-11-18(20)21-12-16(17)19(22-23)26-13-25-8-9-27(2,3)4/h5-7,10-12H,8-9,13H2,1-4H3. The Bertz CT molecular complexity index is 924. The summed E-state index contributed by atoms with van der Waals surface area (Å²) in [6, 6.07) is 10.5. The predicted molar refractivity (Wildman–Crippen MR) is 110 cm³/mol. The summed E-state index contributed by atoms with van der Waals surface area (Å²) in [5, 5.41) is 5.76. The van der Waals surface area contributed by atoms with E-state index in [9.17, 15) is 0 Å². The van der Waals surface area contributed by atoms with Gasteiger partial charge in [-0.15, -0.1) is 5.10 Å². The molecule has 0 aliphatic heterocycles. The largest absolute Gasteiger partial charge is 0.497 e. The molecular weight excluding hydrogens is 382 g/mol. The third-order valence-electron chi connectivity index (χ3n) is 4.07. The maximum atomic E-state index is 6.10. The molecule has 0 saturated carbocycles. The van der Waals surface area contributed by atoms with Crippen LogP contribution in [-0.4, -0.2) is 43.3 Å². The lowest BCUT2D eigenvalue weighted by molar-refractivity contribution is 0.0199. The number of hydrogen-bond acceptors (Lipinski definition) is 5. The zero-order valence-corrected chi connectivity index (χ0v) is 17.8. The lowest BCUT2D eigenvalue weighted by atomic mass is 10.3. The van der Waals surface area contributed by atoms with Gasteiger partial charge in [0.05, 0.1) is 23.7 Å². The molecule has 27 heavy (non-hydrogen) atoms. The van der Waals surface area contributed by atoms with Gasteiger partial charge in [0.25, 0.3) is 0 Å². The number of pyridine rings is 1.